The molecule has 0 bridgehead atoms. The van der Waals surface area contributed by atoms with Crippen molar-refractivity contribution in [1.29, 1.82) is 0 Å². The Hall–Kier alpha value is -2.41. The van der Waals surface area contributed by atoms with E-state index < -0.39 is 0 Å². The monoisotopic (exact) mass is 456 g/mol. The molecule has 8 heteroatoms. The molecule has 1 N–H and O–H groups in total. The number of fused-ring (bicyclic) bond motifs is 2. The van der Waals surface area contributed by atoms with E-state index >= 15 is 0 Å². The zero-order chi connectivity index (χ0) is 20.7. The number of carbonyl (C=O) groups excluding carboxylic acids is 1. The molecule has 5 nitrogen and oxygen atoms in total. The third-order valence-electron chi connectivity index (χ3n) is 5.32. The summed E-state index contributed by atoms with van der Waals surface area (Å²) in [6.45, 7) is 0.877. The molecule has 0 unspecified atom stereocenters. The average Bonchev–Trinajstić information content (AvgIpc) is 3.21. The number of rotatable bonds is 3. The molecule has 3 heterocycles. The molecule has 0 saturated heterocycles. The second kappa shape index (κ2) is 8.02. The third-order valence-corrected chi connectivity index (χ3v) is 7.32. The molecule has 4 aromatic rings. The Kier molecular flexibility index (Phi) is 5.23. The van der Waals surface area contributed by atoms with Crippen molar-refractivity contribution in [3.05, 3.63) is 63.2 Å². The molecular formula is C22H18Cl2N4OS. The van der Waals surface area contributed by atoms with Crippen LogP contribution in [-0.2, 0) is 13.0 Å². The molecule has 30 heavy (non-hydrogen) atoms. The first-order valence-electron chi connectivity index (χ1n) is 9.82. The Balaban J connectivity index is 1.47. The van der Waals surface area contributed by atoms with E-state index in [-0.39, 0.29) is 5.91 Å². The molecule has 0 spiro atoms. The molecule has 1 amide bonds. The normalized spacial score (nSPS) is 13.8. The number of nitrogens with zero attached hydrogens (tertiary/aromatic N) is 3. The van der Waals surface area contributed by atoms with E-state index in [4.69, 9.17) is 23.2 Å². The topological polar surface area (TPSA) is 59.8 Å². The molecule has 0 aliphatic carbocycles. The van der Waals surface area contributed by atoms with Gasteiger partial charge in [0, 0.05) is 34.3 Å². The fourth-order valence-corrected chi connectivity index (χ4v) is 5.42. The maximum Gasteiger partial charge on any atom is 0.267 e. The van der Waals surface area contributed by atoms with Crippen LogP contribution in [0.15, 0.2) is 42.5 Å². The largest absolute Gasteiger partial charge is 0.321 e. The Morgan fingerprint density at radius 2 is 1.93 bits per heavy atom. The van der Waals surface area contributed by atoms with Gasteiger partial charge in [0.15, 0.2) is 5.82 Å². The van der Waals surface area contributed by atoms with Crippen LogP contribution >= 0.6 is 34.5 Å². The fourth-order valence-electron chi connectivity index (χ4n) is 3.81. The first-order valence-corrected chi connectivity index (χ1v) is 11.4. The summed E-state index contributed by atoms with van der Waals surface area (Å²) in [5.41, 5.74) is 1.40. The van der Waals surface area contributed by atoms with Crippen LogP contribution in [0.5, 0.6) is 0 Å². The van der Waals surface area contributed by atoms with Crippen molar-refractivity contribution >= 4 is 56.2 Å². The SMILES string of the molecule is O=C(Nc1ccc(Cl)c(-c2nnc3n2CCCCC3)c1)c1sc2ccccc2c1Cl. The van der Waals surface area contributed by atoms with E-state index in [2.05, 4.69) is 20.1 Å². The first kappa shape index (κ1) is 19.5. The number of hydrogen-bond acceptors (Lipinski definition) is 4. The fraction of sp³-hybridized carbons (Fsp3) is 0.227. The lowest BCUT2D eigenvalue weighted by molar-refractivity contribution is 0.103. The lowest BCUT2D eigenvalue weighted by atomic mass is 10.1. The molecule has 2 aromatic carbocycles. The third kappa shape index (κ3) is 3.49. The maximum absolute atomic E-state index is 12.9. The summed E-state index contributed by atoms with van der Waals surface area (Å²) in [5.74, 6) is 1.49. The van der Waals surface area contributed by atoms with Crippen molar-refractivity contribution in [3.8, 4) is 11.4 Å². The van der Waals surface area contributed by atoms with Gasteiger partial charge in [-0.2, -0.15) is 0 Å². The highest BCUT2D eigenvalue weighted by Gasteiger charge is 2.20. The second-order valence-corrected chi connectivity index (χ2v) is 9.13. The zero-order valence-corrected chi connectivity index (χ0v) is 18.3. The minimum absolute atomic E-state index is 0.241. The number of anilines is 1. The first-order chi connectivity index (χ1) is 14.6. The van der Waals surface area contributed by atoms with E-state index in [1.165, 1.54) is 17.8 Å². The number of halogens is 2. The van der Waals surface area contributed by atoms with Crippen LogP contribution in [0.3, 0.4) is 0 Å². The molecule has 0 radical (unpaired) electrons. The van der Waals surface area contributed by atoms with Gasteiger partial charge < -0.3 is 9.88 Å². The average molecular weight is 457 g/mol. The Morgan fingerprint density at radius 1 is 1.07 bits per heavy atom. The van der Waals surface area contributed by atoms with Crippen molar-refractivity contribution in [2.75, 3.05) is 5.32 Å². The zero-order valence-electron chi connectivity index (χ0n) is 16.0. The smallest absolute Gasteiger partial charge is 0.267 e. The predicted molar refractivity (Wildman–Crippen MR) is 123 cm³/mol. The Labute approximate surface area is 187 Å². The lowest BCUT2D eigenvalue weighted by Gasteiger charge is -2.11. The van der Waals surface area contributed by atoms with Gasteiger partial charge in [-0.15, -0.1) is 21.5 Å². The van der Waals surface area contributed by atoms with Gasteiger partial charge in [0.05, 0.1) is 10.0 Å². The van der Waals surface area contributed by atoms with Crippen molar-refractivity contribution in [3.63, 3.8) is 0 Å². The van der Waals surface area contributed by atoms with Gasteiger partial charge in [-0.3, -0.25) is 4.79 Å². The van der Waals surface area contributed by atoms with Crippen LogP contribution in [0.25, 0.3) is 21.5 Å². The minimum atomic E-state index is -0.241. The molecule has 2 aromatic heterocycles. The van der Waals surface area contributed by atoms with Gasteiger partial charge in [-0.05, 0) is 37.1 Å². The van der Waals surface area contributed by atoms with Gasteiger partial charge in [0.1, 0.15) is 10.7 Å². The number of thiophene rings is 1. The molecule has 1 aliphatic heterocycles. The van der Waals surface area contributed by atoms with Gasteiger partial charge in [0.2, 0.25) is 0 Å². The van der Waals surface area contributed by atoms with Crippen LogP contribution < -0.4 is 5.32 Å². The summed E-state index contributed by atoms with van der Waals surface area (Å²) in [5, 5.41) is 13.6. The number of amides is 1. The van der Waals surface area contributed by atoms with Crippen molar-refractivity contribution in [1.82, 2.24) is 14.8 Å². The lowest BCUT2D eigenvalue weighted by Crippen LogP contribution is -2.11. The molecule has 1 aliphatic rings. The summed E-state index contributed by atoms with van der Waals surface area (Å²) in [6.07, 6.45) is 4.32. The number of hydrogen-bond donors (Lipinski definition) is 1. The van der Waals surface area contributed by atoms with E-state index in [0.29, 0.717) is 20.6 Å². The minimum Gasteiger partial charge on any atom is -0.321 e. The van der Waals surface area contributed by atoms with E-state index in [1.807, 2.05) is 30.3 Å². The number of benzene rings is 2. The van der Waals surface area contributed by atoms with E-state index in [1.54, 1.807) is 12.1 Å². The number of carbonyl (C=O) groups is 1. The van der Waals surface area contributed by atoms with Crippen molar-refractivity contribution in [2.24, 2.45) is 0 Å². The second-order valence-electron chi connectivity index (χ2n) is 7.29. The highest BCUT2D eigenvalue weighted by atomic mass is 35.5. The van der Waals surface area contributed by atoms with E-state index in [9.17, 15) is 4.79 Å². The van der Waals surface area contributed by atoms with E-state index in [0.717, 1.165) is 53.1 Å². The molecule has 152 valence electrons. The summed E-state index contributed by atoms with van der Waals surface area (Å²) >= 11 is 14.3. The maximum atomic E-state index is 12.9. The number of nitrogens with one attached hydrogen (secondary N) is 1. The predicted octanol–water partition coefficient (Wildman–Crippen LogP) is 6.45. The van der Waals surface area contributed by atoms with Crippen LogP contribution in [0.2, 0.25) is 10.0 Å². The number of aryl methyl sites for hydroxylation is 1. The Morgan fingerprint density at radius 3 is 2.80 bits per heavy atom. The summed E-state index contributed by atoms with van der Waals surface area (Å²) in [6, 6.07) is 13.1. The summed E-state index contributed by atoms with van der Waals surface area (Å²) in [4.78, 5) is 13.4. The number of aromatic nitrogens is 3. The molecular weight excluding hydrogens is 439 g/mol. The molecule has 0 atom stereocenters. The highest BCUT2D eigenvalue weighted by molar-refractivity contribution is 7.21. The van der Waals surface area contributed by atoms with Crippen LogP contribution in [-0.4, -0.2) is 20.7 Å². The standard InChI is InChI=1S/C22H18Cl2N4OS/c23-16-10-9-13(12-15(16)21-27-26-18-8-2-1-5-11-28(18)21)25-22(29)20-19(24)14-6-3-4-7-17(14)30-20/h3-4,6-7,9-10,12H,1-2,5,8,11H2,(H,25,29). The van der Waals surface area contributed by atoms with Crippen LogP contribution in [0.4, 0.5) is 5.69 Å². The summed E-state index contributed by atoms with van der Waals surface area (Å²) in [7, 11) is 0. The molecule has 0 saturated carbocycles. The van der Waals surface area contributed by atoms with Crippen LogP contribution in [0.1, 0.15) is 34.8 Å². The molecule has 0 fully saturated rings. The summed E-state index contributed by atoms with van der Waals surface area (Å²) < 4.78 is 3.12. The van der Waals surface area contributed by atoms with Crippen molar-refractivity contribution < 1.29 is 4.79 Å². The van der Waals surface area contributed by atoms with Gasteiger partial charge >= 0.3 is 0 Å². The Bertz CT molecular complexity index is 1260. The van der Waals surface area contributed by atoms with Crippen molar-refractivity contribution in [2.45, 2.75) is 32.2 Å². The van der Waals surface area contributed by atoms with Crippen LogP contribution in [0, 0.1) is 0 Å². The highest BCUT2D eigenvalue weighted by Crippen LogP contribution is 2.36. The molecule has 5 rings (SSSR count). The van der Waals surface area contributed by atoms with Gasteiger partial charge in [-0.1, -0.05) is 47.8 Å². The quantitative estimate of drug-likeness (QED) is 0.385. The van der Waals surface area contributed by atoms with Gasteiger partial charge in [0.25, 0.3) is 5.91 Å². The van der Waals surface area contributed by atoms with Gasteiger partial charge in [-0.25, -0.2) is 0 Å².